The lowest BCUT2D eigenvalue weighted by molar-refractivity contribution is -0.120. The Bertz CT molecular complexity index is 586. The third-order valence-corrected chi connectivity index (χ3v) is 3.38. The molecule has 18 heavy (non-hydrogen) atoms. The van der Waals surface area contributed by atoms with E-state index in [0.717, 1.165) is 5.56 Å². The fourth-order valence-corrected chi connectivity index (χ4v) is 2.29. The van der Waals surface area contributed by atoms with Crippen molar-refractivity contribution in [3.05, 3.63) is 52.3 Å². The highest BCUT2D eigenvalue weighted by Gasteiger charge is 2.11. The molecule has 1 amide bonds. The average Bonchev–Trinajstić information content (AvgIpc) is 2.76. The van der Waals surface area contributed by atoms with E-state index >= 15 is 0 Å². The van der Waals surface area contributed by atoms with Crippen LogP contribution in [0.25, 0.3) is 0 Å². The highest BCUT2D eigenvalue weighted by atomic mass is 32.1. The molecule has 0 saturated carbocycles. The van der Waals surface area contributed by atoms with E-state index in [1.807, 2.05) is 36.8 Å². The lowest BCUT2D eigenvalue weighted by Gasteiger charge is -2.07. The molecule has 2 rings (SSSR count). The molecule has 0 radical (unpaired) electrons. The number of amides is 1. The van der Waals surface area contributed by atoms with Crippen molar-refractivity contribution in [1.29, 1.82) is 0 Å². The second kappa shape index (κ2) is 5.75. The molecular formula is C13H14N2O2S. The Morgan fingerprint density at radius 1 is 1.44 bits per heavy atom. The van der Waals surface area contributed by atoms with Crippen molar-refractivity contribution >= 4 is 17.2 Å². The number of aliphatic hydroxyl groups excluding tert-OH is 1. The summed E-state index contributed by atoms with van der Waals surface area (Å²) in [7, 11) is 1.83. The molecule has 4 nitrogen and oxygen atoms in total. The van der Waals surface area contributed by atoms with Gasteiger partial charge in [-0.15, -0.1) is 11.3 Å². The third-order valence-electron chi connectivity index (χ3n) is 2.53. The quantitative estimate of drug-likeness (QED) is 0.914. The molecular weight excluding hydrogens is 248 g/mol. The number of nitrogens with zero attached hydrogens (tertiary/aromatic N) is 2. The second-order valence-electron chi connectivity index (χ2n) is 3.93. The molecule has 0 fully saturated rings. The van der Waals surface area contributed by atoms with Gasteiger partial charge in [0.15, 0.2) is 4.80 Å². The number of thiazole rings is 1. The summed E-state index contributed by atoms with van der Waals surface area (Å²) in [5.74, 6) is -0.315. The van der Waals surface area contributed by atoms with Crippen LogP contribution in [0, 0.1) is 0 Å². The van der Waals surface area contributed by atoms with Crippen molar-refractivity contribution in [2.75, 3.05) is 0 Å². The molecule has 0 saturated heterocycles. The molecule has 2 aromatic rings. The molecule has 0 bridgehead atoms. The third kappa shape index (κ3) is 3.15. The van der Waals surface area contributed by atoms with E-state index in [9.17, 15) is 9.90 Å². The molecule has 0 spiro atoms. The van der Waals surface area contributed by atoms with Gasteiger partial charge in [-0.2, -0.15) is 4.99 Å². The number of hydrogen-bond acceptors (Lipinski definition) is 3. The van der Waals surface area contributed by atoms with Crippen molar-refractivity contribution in [2.24, 2.45) is 12.0 Å². The van der Waals surface area contributed by atoms with Crippen LogP contribution in [0.4, 0.5) is 0 Å². The number of hydrogen-bond donors (Lipinski definition) is 1. The first-order chi connectivity index (χ1) is 8.66. The van der Waals surface area contributed by atoms with Crippen LogP contribution in [0.15, 0.2) is 46.9 Å². The first-order valence-corrected chi connectivity index (χ1v) is 6.45. The van der Waals surface area contributed by atoms with Gasteiger partial charge in [0.25, 0.3) is 5.91 Å². The number of carbonyl (C=O) groups excluding carboxylic acids is 1. The van der Waals surface area contributed by atoms with Crippen LogP contribution in [0.2, 0.25) is 0 Å². The van der Waals surface area contributed by atoms with Gasteiger partial charge in [0.2, 0.25) is 0 Å². The average molecular weight is 262 g/mol. The Balaban J connectivity index is 2.07. The molecule has 1 atom stereocenters. The Kier molecular flexibility index (Phi) is 4.07. The second-order valence-corrected chi connectivity index (χ2v) is 4.81. The maximum atomic E-state index is 11.7. The van der Waals surface area contributed by atoms with E-state index in [1.54, 1.807) is 16.7 Å². The van der Waals surface area contributed by atoms with Crippen LogP contribution in [0.3, 0.4) is 0 Å². The number of rotatable bonds is 3. The zero-order valence-electron chi connectivity index (χ0n) is 9.98. The maximum Gasteiger partial charge on any atom is 0.251 e. The zero-order valence-corrected chi connectivity index (χ0v) is 10.8. The Hall–Kier alpha value is -1.72. The summed E-state index contributed by atoms with van der Waals surface area (Å²) in [5, 5.41) is 11.8. The minimum Gasteiger partial charge on any atom is -0.388 e. The monoisotopic (exact) mass is 262 g/mol. The van der Waals surface area contributed by atoms with Gasteiger partial charge in [-0.3, -0.25) is 4.79 Å². The standard InChI is InChI=1S/C13H14N2O2S/c1-15-7-8-18-13(15)14-12(17)9-11(16)10-5-3-2-4-6-10/h2-8,11,16H,9H2,1H3. The minimum absolute atomic E-state index is 0.00190. The van der Waals surface area contributed by atoms with Gasteiger partial charge in [0.05, 0.1) is 12.5 Å². The fourth-order valence-electron chi connectivity index (χ4n) is 1.55. The lowest BCUT2D eigenvalue weighted by Crippen LogP contribution is -2.14. The van der Waals surface area contributed by atoms with E-state index in [2.05, 4.69) is 4.99 Å². The van der Waals surface area contributed by atoms with Crippen LogP contribution < -0.4 is 4.80 Å². The van der Waals surface area contributed by atoms with Gasteiger partial charge in [-0.1, -0.05) is 30.3 Å². The minimum atomic E-state index is -0.798. The normalized spacial score (nSPS) is 13.6. The molecule has 1 heterocycles. The topological polar surface area (TPSA) is 54.6 Å². The number of carbonyl (C=O) groups is 1. The summed E-state index contributed by atoms with van der Waals surface area (Å²) in [5.41, 5.74) is 0.733. The molecule has 0 aliphatic heterocycles. The van der Waals surface area contributed by atoms with Gasteiger partial charge in [-0.25, -0.2) is 0 Å². The first-order valence-electron chi connectivity index (χ1n) is 5.57. The van der Waals surface area contributed by atoms with Crippen LogP contribution in [0.1, 0.15) is 18.1 Å². The summed E-state index contributed by atoms with van der Waals surface area (Å²) in [6.07, 6.45) is 1.04. The highest BCUT2D eigenvalue weighted by molar-refractivity contribution is 7.07. The number of benzene rings is 1. The van der Waals surface area contributed by atoms with Gasteiger partial charge in [0.1, 0.15) is 0 Å². The predicted molar refractivity (Wildman–Crippen MR) is 69.9 cm³/mol. The van der Waals surface area contributed by atoms with Gasteiger partial charge >= 0.3 is 0 Å². The number of aryl methyl sites for hydroxylation is 1. The van der Waals surface area contributed by atoms with E-state index in [4.69, 9.17) is 0 Å². The molecule has 0 aliphatic carbocycles. The predicted octanol–water partition coefficient (Wildman–Crippen LogP) is 1.64. The Morgan fingerprint density at radius 3 is 2.78 bits per heavy atom. The van der Waals surface area contributed by atoms with Crippen molar-refractivity contribution in [3.63, 3.8) is 0 Å². The summed E-state index contributed by atoms with van der Waals surface area (Å²) >= 11 is 1.39. The molecule has 1 N–H and O–H groups in total. The summed E-state index contributed by atoms with van der Waals surface area (Å²) in [4.78, 5) is 16.3. The van der Waals surface area contributed by atoms with Crippen LogP contribution in [-0.2, 0) is 11.8 Å². The maximum absolute atomic E-state index is 11.7. The van der Waals surface area contributed by atoms with Crippen molar-refractivity contribution < 1.29 is 9.90 Å². The Morgan fingerprint density at radius 2 is 2.17 bits per heavy atom. The molecule has 1 aromatic carbocycles. The lowest BCUT2D eigenvalue weighted by atomic mass is 10.1. The summed E-state index contributed by atoms with van der Waals surface area (Å²) < 4.78 is 1.78. The van der Waals surface area contributed by atoms with Gasteiger partial charge in [-0.05, 0) is 5.56 Å². The zero-order chi connectivity index (χ0) is 13.0. The van der Waals surface area contributed by atoms with Crippen LogP contribution >= 0.6 is 11.3 Å². The van der Waals surface area contributed by atoms with Crippen LogP contribution in [0.5, 0.6) is 0 Å². The summed E-state index contributed by atoms with van der Waals surface area (Å²) in [6.45, 7) is 0. The molecule has 1 aromatic heterocycles. The van der Waals surface area contributed by atoms with Crippen LogP contribution in [-0.4, -0.2) is 15.6 Å². The largest absolute Gasteiger partial charge is 0.388 e. The van der Waals surface area contributed by atoms with Crippen molar-refractivity contribution in [2.45, 2.75) is 12.5 Å². The van der Waals surface area contributed by atoms with Crippen molar-refractivity contribution in [3.8, 4) is 0 Å². The smallest absolute Gasteiger partial charge is 0.251 e. The molecule has 94 valence electrons. The van der Waals surface area contributed by atoms with E-state index in [-0.39, 0.29) is 12.3 Å². The van der Waals surface area contributed by atoms with E-state index < -0.39 is 6.10 Å². The molecule has 5 heteroatoms. The van der Waals surface area contributed by atoms with Crippen molar-refractivity contribution in [1.82, 2.24) is 4.57 Å². The van der Waals surface area contributed by atoms with Gasteiger partial charge in [0, 0.05) is 18.6 Å². The van der Waals surface area contributed by atoms with E-state index in [0.29, 0.717) is 4.80 Å². The SMILES string of the molecule is Cn1ccsc1=NC(=O)CC(O)c1ccccc1. The summed E-state index contributed by atoms with van der Waals surface area (Å²) in [6, 6.07) is 9.12. The Labute approximate surface area is 109 Å². The van der Waals surface area contributed by atoms with E-state index in [1.165, 1.54) is 11.3 Å². The fraction of sp³-hybridized carbons (Fsp3) is 0.231. The first kappa shape index (κ1) is 12.7. The highest BCUT2D eigenvalue weighted by Crippen LogP contribution is 2.16. The molecule has 1 unspecified atom stereocenters. The molecule has 0 aliphatic rings. The number of aromatic nitrogens is 1. The van der Waals surface area contributed by atoms with Gasteiger partial charge < -0.3 is 9.67 Å². The number of aliphatic hydroxyl groups is 1.